The van der Waals surface area contributed by atoms with Crippen molar-refractivity contribution < 1.29 is 9.53 Å². The Morgan fingerprint density at radius 2 is 1.82 bits per heavy atom. The molecule has 0 spiro atoms. The van der Waals surface area contributed by atoms with Gasteiger partial charge in [0, 0.05) is 45.7 Å². The van der Waals surface area contributed by atoms with E-state index in [9.17, 15) is 15.3 Å². The zero-order valence-electron chi connectivity index (χ0n) is 21.9. The Labute approximate surface area is 240 Å². The number of aryl methyl sites for hydroxylation is 1. The minimum absolute atomic E-state index is 0.124. The summed E-state index contributed by atoms with van der Waals surface area (Å²) in [7, 11) is 1.43. The predicted octanol–water partition coefficient (Wildman–Crippen LogP) is 7.25. The van der Waals surface area contributed by atoms with Crippen LogP contribution in [0.5, 0.6) is 0 Å². The van der Waals surface area contributed by atoms with Crippen molar-refractivity contribution in [3.63, 3.8) is 0 Å². The number of esters is 1. The maximum absolute atomic E-state index is 12.0. The molecule has 1 saturated heterocycles. The van der Waals surface area contributed by atoms with E-state index in [1.165, 1.54) is 24.0 Å². The highest BCUT2D eigenvalue weighted by molar-refractivity contribution is 7.98. The van der Waals surface area contributed by atoms with Crippen LogP contribution >= 0.6 is 23.3 Å². The number of thiophene rings is 1. The molecule has 0 unspecified atom stereocenters. The highest BCUT2D eigenvalue weighted by atomic mass is 32.2. The van der Waals surface area contributed by atoms with Gasteiger partial charge in [-0.15, -0.1) is 11.3 Å². The summed E-state index contributed by atoms with van der Waals surface area (Å²) in [5.41, 5.74) is 7.45. The van der Waals surface area contributed by atoms with Crippen molar-refractivity contribution >= 4 is 45.8 Å². The van der Waals surface area contributed by atoms with Crippen LogP contribution in [0.2, 0.25) is 0 Å². The van der Waals surface area contributed by atoms with Crippen LogP contribution in [0.15, 0.2) is 83.1 Å². The maximum Gasteiger partial charge on any atom is 0.312 e. The summed E-state index contributed by atoms with van der Waals surface area (Å²) in [6.45, 7) is 3.29. The van der Waals surface area contributed by atoms with E-state index in [0.29, 0.717) is 23.5 Å². The standard InChI is InChI=1S/C32H24N4O2S2/c1-20-6-9-25(10-7-20)40-36-28-11-8-21(16-33)14-27(28)30(26-12-13-39-29(26)17-34)31(36)22-4-3-5-24(15-22)35-18-23(19-35)32(37)38-2/h3-15,23H,18-19H2,1-2H3. The van der Waals surface area contributed by atoms with Gasteiger partial charge in [0.25, 0.3) is 0 Å². The molecule has 0 radical (unpaired) electrons. The molecule has 8 heteroatoms. The number of ether oxygens (including phenoxy) is 1. The molecule has 196 valence electrons. The van der Waals surface area contributed by atoms with Gasteiger partial charge in [-0.25, -0.2) is 0 Å². The highest BCUT2D eigenvalue weighted by Crippen LogP contribution is 2.47. The van der Waals surface area contributed by atoms with Gasteiger partial charge < -0.3 is 9.64 Å². The number of carbonyl (C=O) groups is 1. The summed E-state index contributed by atoms with van der Waals surface area (Å²) < 4.78 is 7.13. The molecular weight excluding hydrogens is 537 g/mol. The van der Waals surface area contributed by atoms with Gasteiger partial charge in [0.2, 0.25) is 0 Å². The fraction of sp³-hybridized carbons (Fsp3) is 0.156. The number of hydrogen-bond donors (Lipinski definition) is 0. The third-order valence-corrected chi connectivity index (χ3v) is 9.07. The van der Waals surface area contributed by atoms with Gasteiger partial charge >= 0.3 is 5.97 Å². The number of carbonyl (C=O) groups excluding carboxylic acids is 1. The molecule has 40 heavy (non-hydrogen) atoms. The molecule has 0 aliphatic carbocycles. The van der Waals surface area contributed by atoms with Gasteiger partial charge in [-0.3, -0.25) is 8.77 Å². The zero-order chi connectivity index (χ0) is 27.8. The Bertz CT molecular complexity index is 1830. The molecule has 0 atom stereocenters. The summed E-state index contributed by atoms with van der Waals surface area (Å²) >= 11 is 3.03. The van der Waals surface area contributed by atoms with Gasteiger partial charge in [0.15, 0.2) is 0 Å². The Hall–Kier alpha value is -4.50. The Morgan fingerprint density at radius 1 is 1.02 bits per heavy atom. The maximum atomic E-state index is 12.0. The largest absolute Gasteiger partial charge is 0.469 e. The first kappa shape index (κ1) is 25.8. The molecule has 0 N–H and O–H groups in total. The van der Waals surface area contributed by atoms with Gasteiger partial charge in [-0.1, -0.05) is 29.8 Å². The quantitative estimate of drug-likeness (QED) is 0.203. The van der Waals surface area contributed by atoms with Crippen molar-refractivity contribution in [2.24, 2.45) is 5.92 Å². The molecule has 0 bridgehead atoms. The molecule has 6 rings (SSSR count). The smallest absolute Gasteiger partial charge is 0.312 e. The number of fused-ring (bicyclic) bond motifs is 1. The number of hydrogen-bond acceptors (Lipinski definition) is 7. The second-order valence-corrected chi connectivity index (χ2v) is 11.7. The van der Waals surface area contributed by atoms with E-state index in [0.717, 1.165) is 43.9 Å². The highest BCUT2D eigenvalue weighted by Gasteiger charge is 2.34. The average molecular weight is 561 g/mol. The summed E-state index contributed by atoms with van der Waals surface area (Å²) in [6, 6.07) is 29.1. The molecule has 1 aliphatic rings. The van der Waals surface area contributed by atoms with E-state index in [2.05, 4.69) is 70.4 Å². The van der Waals surface area contributed by atoms with Crippen LogP contribution in [0.25, 0.3) is 33.3 Å². The van der Waals surface area contributed by atoms with Crippen molar-refractivity contribution in [1.29, 1.82) is 10.5 Å². The van der Waals surface area contributed by atoms with Crippen LogP contribution in [0.1, 0.15) is 16.0 Å². The number of rotatable bonds is 6. The average Bonchev–Trinajstić information content (AvgIpc) is 3.55. The van der Waals surface area contributed by atoms with Gasteiger partial charge in [-0.2, -0.15) is 10.5 Å². The topological polar surface area (TPSA) is 82.1 Å². The lowest BCUT2D eigenvalue weighted by molar-refractivity contribution is -0.146. The number of nitriles is 2. The molecule has 5 aromatic rings. The first-order valence-electron chi connectivity index (χ1n) is 12.8. The summed E-state index contributed by atoms with van der Waals surface area (Å²) in [4.78, 5) is 15.9. The number of benzene rings is 3. The summed E-state index contributed by atoms with van der Waals surface area (Å²) in [5.74, 6) is -0.305. The lowest BCUT2D eigenvalue weighted by Crippen LogP contribution is -2.50. The first-order chi connectivity index (χ1) is 19.5. The van der Waals surface area contributed by atoms with Crippen LogP contribution in [-0.4, -0.2) is 30.1 Å². The van der Waals surface area contributed by atoms with E-state index in [1.807, 2.05) is 35.7 Å². The van der Waals surface area contributed by atoms with E-state index in [4.69, 9.17) is 4.74 Å². The Kier molecular flexibility index (Phi) is 6.81. The molecule has 6 nitrogen and oxygen atoms in total. The molecule has 1 aliphatic heterocycles. The fourth-order valence-electron chi connectivity index (χ4n) is 5.11. The van der Waals surface area contributed by atoms with Crippen LogP contribution in [0.3, 0.4) is 0 Å². The minimum Gasteiger partial charge on any atom is -0.469 e. The second kappa shape index (κ2) is 10.6. The summed E-state index contributed by atoms with van der Waals surface area (Å²) in [5, 5.41) is 22.6. The Balaban J connectivity index is 1.58. The van der Waals surface area contributed by atoms with Gasteiger partial charge in [-0.05, 0) is 72.8 Å². The van der Waals surface area contributed by atoms with Crippen LogP contribution in [0, 0.1) is 35.5 Å². The predicted molar refractivity (Wildman–Crippen MR) is 160 cm³/mol. The number of methoxy groups -OCH3 is 1. The van der Waals surface area contributed by atoms with Crippen molar-refractivity contribution in [2.75, 3.05) is 25.1 Å². The molecule has 0 amide bonds. The zero-order valence-corrected chi connectivity index (χ0v) is 23.6. The van der Waals surface area contributed by atoms with E-state index in [1.54, 1.807) is 11.9 Å². The minimum atomic E-state index is -0.181. The summed E-state index contributed by atoms with van der Waals surface area (Å²) in [6.07, 6.45) is 0. The Morgan fingerprint density at radius 3 is 2.55 bits per heavy atom. The third-order valence-electron chi connectivity index (χ3n) is 7.21. The van der Waals surface area contributed by atoms with E-state index < -0.39 is 0 Å². The molecule has 3 heterocycles. The lowest BCUT2D eigenvalue weighted by atomic mass is 9.96. The van der Waals surface area contributed by atoms with E-state index in [-0.39, 0.29) is 11.9 Å². The first-order valence-corrected chi connectivity index (χ1v) is 14.4. The monoisotopic (exact) mass is 560 g/mol. The molecule has 0 saturated carbocycles. The van der Waals surface area contributed by atoms with Crippen LogP contribution < -0.4 is 4.90 Å². The van der Waals surface area contributed by atoms with Crippen molar-refractivity contribution in [3.8, 4) is 34.5 Å². The number of nitrogens with zero attached hydrogens (tertiary/aromatic N) is 4. The molecular formula is C32H24N4O2S2. The second-order valence-electron chi connectivity index (χ2n) is 9.72. The molecule has 1 fully saturated rings. The van der Waals surface area contributed by atoms with Gasteiger partial charge in [0.1, 0.15) is 10.9 Å². The van der Waals surface area contributed by atoms with Crippen molar-refractivity contribution in [3.05, 3.63) is 94.2 Å². The molecule has 2 aromatic heterocycles. The lowest BCUT2D eigenvalue weighted by Gasteiger charge is -2.39. The van der Waals surface area contributed by atoms with Crippen LogP contribution in [-0.2, 0) is 9.53 Å². The SMILES string of the molecule is COC(=O)C1CN(c2cccc(-c3c(-c4ccsc4C#N)c4cc(C#N)ccc4n3Sc3ccc(C)cc3)c2)C1. The third kappa shape index (κ3) is 4.52. The van der Waals surface area contributed by atoms with Crippen LogP contribution in [0.4, 0.5) is 5.69 Å². The fourth-order valence-corrected chi connectivity index (χ4v) is 6.82. The van der Waals surface area contributed by atoms with Crippen molar-refractivity contribution in [1.82, 2.24) is 3.97 Å². The normalized spacial score (nSPS) is 13.1. The van der Waals surface area contributed by atoms with Crippen molar-refractivity contribution in [2.45, 2.75) is 11.8 Å². The molecule has 3 aromatic carbocycles. The number of anilines is 1. The van der Waals surface area contributed by atoms with Gasteiger partial charge in [0.05, 0.1) is 35.9 Å². The van der Waals surface area contributed by atoms with E-state index >= 15 is 0 Å². The number of aromatic nitrogens is 1.